The first kappa shape index (κ1) is 19.4. The number of hydrogen-bond donors (Lipinski definition) is 1. The molecule has 4 aromatic rings. The van der Waals surface area contributed by atoms with Crippen LogP contribution in [0.4, 0.5) is 0 Å². The van der Waals surface area contributed by atoms with Crippen molar-refractivity contribution in [3.63, 3.8) is 0 Å². The molecule has 152 valence electrons. The minimum Gasteiger partial charge on any atom is -0.497 e. The highest BCUT2D eigenvalue weighted by molar-refractivity contribution is 5.92. The molecule has 0 atom stereocenters. The van der Waals surface area contributed by atoms with Crippen molar-refractivity contribution in [3.05, 3.63) is 77.6 Å². The van der Waals surface area contributed by atoms with E-state index < -0.39 is 5.97 Å². The third kappa shape index (κ3) is 3.69. The van der Waals surface area contributed by atoms with Gasteiger partial charge in [-0.05, 0) is 42.2 Å². The molecule has 0 aliphatic heterocycles. The van der Waals surface area contributed by atoms with Crippen molar-refractivity contribution in [1.82, 2.24) is 14.6 Å². The van der Waals surface area contributed by atoms with Crippen molar-refractivity contribution in [3.8, 4) is 22.8 Å². The maximum absolute atomic E-state index is 11.9. The van der Waals surface area contributed by atoms with Gasteiger partial charge in [0.15, 0.2) is 5.65 Å². The van der Waals surface area contributed by atoms with E-state index in [1.165, 1.54) is 10.7 Å². The van der Waals surface area contributed by atoms with E-state index in [4.69, 9.17) is 9.47 Å². The highest BCUT2D eigenvalue weighted by Gasteiger charge is 2.19. The maximum atomic E-state index is 11.9. The van der Waals surface area contributed by atoms with Crippen LogP contribution in [0.3, 0.4) is 0 Å². The first-order chi connectivity index (χ1) is 14.6. The average Bonchev–Trinajstić information content (AvgIpc) is 3.20. The van der Waals surface area contributed by atoms with Gasteiger partial charge >= 0.3 is 5.97 Å². The smallest absolute Gasteiger partial charge is 0.345 e. The van der Waals surface area contributed by atoms with Gasteiger partial charge in [-0.2, -0.15) is 9.61 Å². The molecule has 2 aromatic carbocycles. The van der Waals surface area contributed by atoms with Gasteiger partial charge in [-0.15, -0.1) is 0 Å². The van der Waals surface area contributed by atoms with Gasteiger partial charge in [-0.25, -0.2) is 9.78 Å². The minimum absolute atomic E-state index is 0.0207. The van der Waals surface area contributed by atoms with Crippen molar-refractivity contribution in [2.45, 2.75) is 13.3 Å². The maximum Gasteiger partial charge on any atom is 0.345 e. The number of aromatic nitrogens is 3. The Bertz CT molecular complexity index is 1200. The number of benzene rings is 2. The lowest BCUT2D eigenvalue weighted by atomic mass is 10.0. The van der Waals surface area contributed by atoms with E-state index in [0.717, 1.165) is 34.4 Å². The lowest BCUT2D eigenvalue weighted by molar-refractivity contribution is 0.0521. The predicted molar refractivity (Wildman–Crippen MR) is 112 cm³/mol. The van der Waals surface area contributed by atoms with Crippen LogP contribution in [0, 0.1) is 0 Å². The lowest BCUT2D eigenvalue weighted by Crippen LogP contribution is -2.08. The first-order valence-electron chi connectivity index (χ1n) is 9.55. The van der Waals surface area contributed by atoms with Gasteiger partial charge in [0.2, 0.25) is 5.88 Å². The Morgan fingerprint density at radius 1 is 1.10 bits per heavy atom. The molecular formula is C23H21N3O4. The number of nitrogens with zero attached hydrogens (tertiary/aromatic N) is 3. The number of carbonyl (C=O) groups excluding carboxylic acids is 1. The van der Waals surface area contributed by atoms with Gasteiger partial charge in [0.1, 0.15) is 11.3 Å². The molecule has 0 radical (unpaired) electrons. The van der Waals surface area contributed by atoms with Crippen LogP contribution in [0.2, 0.25) is 0 Å². The fourth-order valence-corrected chi connectivity index (χ4v) is 3.30. The van der Waals surface area contributed by atoms with Crippen molar-refractivity contribution in [2.75, 3.05) is 13.7 Å². The lowest BCUT2D eigenvalue weighted by Gasteiger charge is -2.07. The normalized spacial score (nSPS) is 10.9. The summed E-state index contributed by atoms with van der Waals surface area (Å²) in [5.74, 6) is -0.0914. The van der Waals surface area contributed by atoms with Crippen molar-refractivity contribution in [2.24, 2.45) is 0 Å². The summed E-state index contributed by atoms with van der Waals surface area (Å²) in [7, 11) is 1.66. The second-order valence-electron chi connectivity index (χ2n) is 6.73. The predicted octanol–water partition coefficient (Wildman–Crippen LogP) is 3.88. The summed E-state index contributed by atoms with van der Waals surface area (Å²) >= 11 is 0. The molecule has 0 aliphatic carbocycles. The second-order valence-corrected chi connectivity index (χ2v) is 6.73. The van der Waals surface area contributed by atoms with Crippen LogP contribution in [0.5, 0.6) is 11.6 Å². The Balaban J connectivity index is 1.61. The number of methoxy groups -OCH3 is 1. The van der Waals surface area contributed by atoms with Crippen molar-refractivity contribution < 1.29 is 19.4 Å². The van der Waals surface area contributed by atoms with Crippen LogP contribution in [0.1, 0.15) is 28.4 Å². The third-order valence-corrected chi connectivity index (χ3v) is 4.80. The van der Waals surface area contributed by atoms with E-state index in [9.17, 15) is 9.90 Å². The van der Waals surface area contributed by atoms with E-state index in [0.29, 0.717) is 5.65 Å². The summed E-state index contributed by atoms with van der Waals surface area (Å²) in [6.45, 7) is 1.91. The molecule has 7 heteroatoms. The van der Waals surface area contributed by atoms with Crippen LogP contribution in [0.25, 0.3) is 16.8 Å². The van der Waals surface area contributed by atoms with Gasteiger partial charge in [0.05, 0.1) is 19.9 Å². The van der Waals surface area contributed by atoms with Gasteiger partial charge in [-0.1, -0.05) is 36.4 Å². The standard InChI is InChI=1S/C23H21N3O4/c1-3-30-23(28)20-13-24-21-19(14-25-26(21)22(20)27)17-9-7-15(8-10-17)11-16-5-4-6-18(12-16)29-2/h4-10,12-14,27H,3,11H2,1-2H3. The number of fused-ring (bicyclic) bond motifs is 1. The monoisotopic (exact) mass is 403 g/mol. The van der Waals surface area contributed by atoms with Gasteiger partial charge in [-0.3, -0.25) is 0 Å². The molecule has 4 rings (SSSR count). The molecule has 0 bridgehead atoms. The summed E-state index contributed by atoms with van der Waals surface area (Å²) in [5.41, 5.74) is 4.43. The fraction of sp³-hybridized carbons (Fsp3) is 0.174. The summed E-state index contributed by atoms with van der Waals surface area (Å²) in [6, 6.07) is 16.1. The van der Waals surface area contributed by atoms with Crippen LogP contribution >= 0.6 is 0 Å². The number of carbonyl (C=O) groups is 1. The van der Waals surface area contributed by atoms with Crippen LogP contribution in [-0.2, 0) is 11.2 Å². The average molecular weight is 403 g/mol. The molecule has 0 unspecified atom stereocenters. The van der Waals surface area contributed by atoms with Gasteiger partial charge in [0.25, 0.3) is 0 Å². The second kappa shape index (κ2) is 8.24. The molecule has 0 spiro atoms. The highest BCUT2D eigenvalue weighted by Crippen LogP contribution is 2.28. The summed E-state index contributed by atoms with van der Waals surface area (Å²) in [6.07, 6.45) is 3.72. The van der Waals surface area contributed by atoms with Crippen LogP contribution < -0.4 is 4.74 Å². The summed E-state index contributed by atoms with van der Waals surface area (Å²) in [5, 5.41) is 14.6. The van der Waals surface area contributed by atoms with Gasteiger partial charge < -0.3 is 14.6 Å². The molecule has 30 heavy (non-hydrogen) atoms. The molecule has 0 saturated heterocycles. The number of ether oxygens (including phenoxy) is 2. The highest BCUT2D eigenvalue weighted by atomic mass is 16.5. The van der Waals surface area contributed by atoms with E-state index in [-0.39, 0.29) is 18.1 Å². The van der Waals surface area contributed by atoms with Gasteiger partial charge in [0, 0.05) is 11.8 Å². The Morgan fingerprint density at radius 3 is 2.63 bits per heavy atom. The van der Waals surface area contributed by atoms with E-state index in [2.05, 4.69) is 16.1 Å². The van der Waals surface area contributed by atoms with E-state index in [1.807, 2.05) is 42.5 Å². The van der Waals surface area contributed by atoms with E-state index in [1.54, 1.807) is 20.2 Å². The molecule has 0 amide bonds. The minimum atomic E-state index is -0.636. The summed E-state index contributed by atoms with van der Waals surface area (Å²) in [4.78, 5) is 16.3. The van der Waals surface area contributed by atoms with Crippen molar-refractivity contribution in [1.29, 1.82) is 0 Å². The number of aromatic hydroxyl groups is 1. The Hall–Kier alpha value is -3.87. The zero-order valence-corrected chi connectivity index (χ0v) is 16.7. The zero-order chi connectivity index (χ0) is 21.1. The zero-order valence-electron chi connectivity index (χ0n) is 16.7. The fourth-order valence-electron chi connectivity index (χ4n) is 3.30. The van der Waals surface area contributed by atoms with Crippen LogP contribution in [-0.4, -0.2) is 39.4 Å². The molecule has 0 saturated carbocycles. The third-order valence-electron chi connectivity index (χ3n) is 4.80. The Labute approximate surface area is 173 Å². The molecule has 2 heterocycles. The Kier molecular flexibility index (Phi) is 5.34. The number of hydrogen-bond acceptors (Lipinski definition) is 6. The Morgan fingerprint density at radius 2 is 1.90 bits per heavy atom. The molecule has 2 aromatic heterocycles. The largest absolute Gasteiger partial charge is 0.497 e. The molecule has 7 nitrogen and oxygen atoms in total. The SMILES string of the molecule is CCOC(=O)c1cnc2c(-c3ccc(Cc4cccc(OC)c4)cc3)cnn2c1O. The summed E-state index contributed by atoms with van der Waals surface area (Å²) < 4.78 is 11.5. The number of esters is 1. The molecule has 0 aliphatic rings. The molecular weight excluding hydrogens is 382 g/mol. The molecule has 1 N–H and O–H groups in total. The quantitative estimate of drug-likeness (QED) is 0.492. The van der Waals surface area contributed by atoms with Crippen molar-refractivity contribution >= 4 is 11.6 Å². The molecule has 0 fully saturated rings. The first-order valence-corrected chi connectivity index (χ1v) is 9.55. The van der Waals surface area contributed by atoms with E-state index >= 15 is 0 Å². The van der Waals surface area contributed by atoms with Crippen LogP contribution in [0.15, 0.2) is 60.9 Å². The topological polar surface area (TPSA) is 86.0 Å². The number of rotatable bonds is 6.